The molecule has 2 N–H and O–H groups in total. The van der Waals surface area contributed by atoms with E-state index in [0.29, 0.717) is 0 Å². The number of nitrogens with one attached hydrogen (secondary N) is 1. The van der Waals surface area contributed by atoms with Crippen molar-refractivity contribution in [1.29, 1.82) is 0 Å². The Labute approximate surface area is 109 Å². The second-order valence-electron chi connectivity index (χ2n) is 3.67. The Hall–Kier alpha value is -1.25. The summed E-state index contributed by atoms with van der Waals surface area (Å²) < 4.78 is 22.1. The smallest absolute Gasteiger partial charge is 0.271 e. The topological polar surface area (TPSA) is 109 Å². The fraction of sp³-hybridized carbons (Fsp3) is 0.444. The van der Waals surface area contributed by atoms with E-state index < -0.39 is 28.4 Å². The van der Waals surface area contributed by atoms with Crippen LogP contribution >= 0.6 is 11.6 Å². The summed E-state index contributed by atoms with van der Waals surface area (Å²) >= 11 is 5.51. The van der Waals surface area contributed by atoms with Crippen LogP contribution in [0.1, 0.15) is 10.5 Å². The summed E-state index contributed by atoms with van der Waals surface area (Å²) in [5.41, 5.74) is -0.00801. The van der Waals surface area contributed by atoms with E-state index in [1.807, 2.05) is 0 Å². The van der Waals surface area contributed by atoms with Gasteiger partial charge in [-0.2, -0.15) is 0 Å². The van der Waals surface area contributed by atoms with E-state index in [0.717, 1.165) is 12.5 Å². The molecule has 1 rings (SSSR count). The molecule has 0 aliphatic carbocycles. The fourth-order valence-electron chi connectivity index (χ4n) is 1.19. The summed E-state index contributed by atoms with van der Waals surface area (Å²) in [4.78, 5) is 19.0. The Morgan fingerprint density at radius 1 is 1.50 bits per heavy atom. The Morgan fingerprint density at radius 3 is 2.61 bits per heavy atom. The lowest BCUT2D eigenvalue weighted by molar-refractivity contribution is 0.0918. The second kappa shape index (κ2) is 6.07. The Balaban J connectivity index is 2.70. The molecule has 0 aliphatic heterocycles. The normalized spacial score (nSPS) is 13.1. The van der Waals surface area contributed by atoms with Crippen molar-refractivity contribution in [2.75, 3.05) is 18.6 Å². The minimum absolute atomic E-state index is 0.00801. The molecule has 9 heteroatoms. The van der Waals surface area contributed by atoms with Gasteiger partial charge in [-0.15, -0.1) is 0 Å². The maximum Gasteiger partial charge on any atom is 0.271 e. The van der Waals surface area contributed by atoms with Crippen LogP contribution < -0.4 is 5.32 Å². The van der Waals surface area contributed by atoms with Gasteiger partial charge >= 0.3 is 0 Å². The van der Waals surface area contributed by atoms with Crippen LogP contribution in [0.5, 0.6) is 0 Å². The third-order valence-electron chi connectivity index (χ3n) is 1.91. The average molecular weight is 294 g/mol. The molecule has 0 aromatic carbocycles. The quantitative estimate of drug-likeness (QED) is 0.740. The van der Waals surface area contributed by atoms with E-state index in [9.17, 15) is 13.2 Å². The number of rotatable bonds is 5. The molecular weight excluding hydrogens is 282 g/mol. The highest BCUT2D eigenvalue weighted by molar-refractivity contribution is 7.90. The first-order chi connectivity index (χ1) is 8.31. The third-order valence-corrected chi connectivity index (χ3v) is 3.12. The van der Waals surface area contributed by atoms with Gasteiger partial charge < -0.3 is 10.4 Å². The van der Waals surface area contributed by atoms with Gasteiger partial charge in [0.2, 0.25) is 0 Å². The van der Waals surface area contributed by atoms with Gasteiger partial charge in [0.05, 0.1) is 30.8 Å². The molecule has 1 unspecified atom stereocenters. The molecule has 0 aliphatic rings. The number of carbonyl (C=O) groups excluding carboxylic acids is 1. The molecule has 0 fully saturated rings. The van der Waals surface area contributed by atoms with E-state index in [1.165, 1.54) is 6.20 Å². The predicted molar refractivity (Wildman–Crippen MR) is 65.1 cm³/mol. The third kappa shape index (κ3) is 4.94. The number of aliphatic hydroxyl groups excluding tert-OH is 1. The van der Waals surface area contributed by atoms with Gasteiger partial charge in [0.25, 0.3) is 5.91 Å². The Kier molecular flexibility index (Phi) is 5.00. The van der Waals surface area contributed by atoms with E-state index in [2.05, 4.69) is 15.3 Å². The number of halogens is 1. The number of aromatic nitrogens is 2. The van der Waals surface area contributed by atoms with Gasteiger partial charge in [-0.05, 0) is 0 Å². The highest BCUT2D eigenvalue weighted by Crippen LogP contribution is 2.01. The zero-order chi connectivity index (χ0) is 13.8. The summed E-state index contributed by atoms with van der Waals surface area (Å²) in [6.45, 7) is -0.486. The lowest BCUT2D eigenvalue weighted by atomic mass is 10.3. The van der Waals surface area contributed by atoms with Crippen LogP contribution in [0, 0.1) is 0 Å². The lowest BCUT2D eigenvalue weighted by Gasteiger charge is -2.14. The van der Waals surface area contributed by atoms with Crippen molar-refractivity contribution in [3.8, 4) is 0 Å². The summed E-state index contributed by atoms with van der Waals surface area (Å²) in [5, 5.41) is 11.5. The van der Waals surface area contributed by atoms with Crippen molar-refractivity contribution in [2.24, 2.45) is 0 Å². The summed E-state index contributed by atoms with van der Waals surface area (Å²) in [6, 6.07) is -0.884. The maximum absolute atomic E-state index is 11.6. The lowest BCUT2D eigenvalue weighted by Crippen LogP contribution is -2.42. The maximum atomic E-state index is 11.6. The van der Waals surface area contributed by atoms with E-state index in [-0.39, 0.29) is 16.6 Å². The molecule has 0 radical (unpaired) electrons. The van der Waals surface area contributed by atoms with Crippen LogP contribution in [0.25, 0.3) is 0 Å². The van der Waals surface area contributed by atoms with Crippen molar-refractivity contribution in [2.45, 2.75) is 6.04 Å². The first-order valence-corrected chi connectivity index (χ1v) is 7.32. The zero-order valence-electron chi connectivity index (χ0n) is 9.50. The van der Waals surface area contributed by atoms with Crippen LogP contribution in [0.15, 0.2) is 12.4 Å². The number of hydrogen-bond donors (Lipinski definition) is 2. The molecule has 18 heavy (non-hydrogen) atoms. The number of hydrogen-bond acceptors (Lipinski definition) is 6. The average Bonchev–Trinajstić information content (AvgIpc) is 2.27. The van der Waals surface area contributed by atoms with Crippen LogP contribution in [0.3, 0.4) is 0 Å². The SMILES string of the molecule is CS(=O)(=O)CC(CO)NC(=O)c1cnc(Cl)cn1. The van der Waals surface area contributed by atoms with Gasteiger partial charge in [0.1, 0.15) is 20.7 Å². The van der Waals surface area contributed by atoms with Crippen molar-refractivity contribution in [1.82, 2.24) is 15.3 Å². The largest absolute Gasteiger partial charge is 0.394 e. The van der Waals surface area contributed by atoms with Crippen LogP contribution in [-0.2, 0) is 9.84 Å². The Bertz CT molecular complexity index is 517. The van der Waals surface area contributed by atoms with Crippen LogP contribution in [0.2, 0.25) is 5.15 Å². The molecule has 0 saturated heterocycles. The van der Waals surface area contributed by atoms with Crippen LogP contribution in [-0.4, -0.2) is 54.1 Å². The van der Waals surface area contributed by atoms with E-state index in [4.69, 9.17) is 16.7 Å². The van der Waals surface area contributed by atoms with Gasteiger partial charge in [0.15, 0.2) is 0 Å². The number of amides is 1. The molecule has 0 spiro atoms. The molecule has 0 bridgehead atoms. The molecular formula is C9H12ClN3O4S. The van der Waals surface area contributed by atoms with Crippen molar-refractivity contribution >= 4 is 27.3 Å². The molecule has 1 atom stereocenters. The van der Waals surface area contributed by atoms with Crippen molar-refractivity contribution in [3.05, 3.63) is 23.2 Å². The minimum Gasteiger partial charge on any atom is -0.394 e. The highest BCUT2D eigenvalue weighted by Gasteiger charge is 2.18. The van der Waals surface area contributed by atoms with Crippen molar-refractivity contribution in [3.63, 3.8) is 0 Å². The summed E-state index contributed by atoms with van der Waals surface area (Å²) in [6.07, 6.45) is 3.37. The minimum atomic E-state index is -3.30. The monoisotopic (exact) mass is 293 g/mol. The van der Waals surface area contributed by atoms with Crippen LogP contribution in [0.4, 0.5) is 0 Å². The number of carbonyl (C=O) groups is 1. The van der Waals surface area contributed by atoms with Gasteiger partial charge in [-0.25, -0.2) is 18.4 Å². The molecule has 0 saturated carbocycles. The summed E-state index contributed by atoms with van der Waals surface area (Å²) in [5.74, 6) is -0.974. The summed E-state index contributed by atoms with van der Waals surface area (Å²) in [7, 11) is -3.30. The van der Waals surface area contributed by atoms with Gasteiger partial charge in [-0.1, -0.05) is 11.6 Å². The molecule has 100 valence electrons. The molecule has 1 heterocycles. The molecule has 1 aromatic rings. The second-order valence-corrected chi connectivity index (χ2v) is 6.24. The predicted octanol–water partition coefficient (Wildman–Crippen LogP) is -0.735. The first kappa shape index (κ1) is 14.8. The molecule has 1 amide bonds. The number of sulfone groups is 1. The van der Waals surface area contributed by atoms with Gasteiger partial charge in [0, 0.05) is 6.26 Å². The van der Waals surface area contributed by atoms with E-state index in [1.54, 1.807) is 0 Å². The fourth-order valence-corrected chi connectivity index (χ4v) is 2.21. The first-order valence-electron chi connectivity index (χ1n) is 4.89. The van der Waals surface area contributed by atoms with E-state index >= 15 is 0 Å². The Morgan fingerprint density at radius 2 is 2.17 bits per heavy atom. The van der Waals surface area contributed by atoms with Gasteiger partial charge in [-0.3, -0.25) is 4.79 Å². The standard InChI is InChI=1S/C9H12ClN3O4S/c1-18(16,17)5-6(4-14)13-9(15)7-2-12-8(10)3-11-7/h2-3,6,14H,4-5H2,1H3,(H,13,15). The molecule has 7 nitrogen and oxygen atoms in total. The number of aliphatic hydroxyl groups is 1. The number of nitrogens with zero attached hydrogens (tertiary/aromatic N) is 2. The molecule has 1 aromatic heterocycles. The van der Waals surface area contributed by atoms with Crippen molar-refractivity contribution < 1.29 is 18.3 Å². The highest BCUT2D eigenvalue weighted by atomic mass is 35.5. The zero-order valence-corrected chi connectivity index (χ0v) is 11.1.